The van der Waals surface area contributed by atoms with Crippen LogP contribution < -0.4 is 5.32 Å². The smallest absolute Gasteiger partial charge is 0.0719 e. The Kier molecular flexibility index (Phi) is 7.86. The maximum absolute atomic E-state index is 5.79. The molecular formula is C18H31NO. The molecule has 0 bridgehead atoms. The molecule has 1 aromatic rings. The van der Waals surface area contributed by atoms with Gasteiger partial charge in [0, 0.05) is 12.1 Å². The fourth-order valence-electron chi connectivity index (χ4n) is 2.15. The van der Waals surface area contributed by atoms with E-state index in [-0.39, 0.29) is 5.54 Å². The number of nitrogens with one attached hydrogen (secondary N) is 1. The highest BCUT2D eigenvalue weighted by Crippen LogP contribution is 2.12. The van der Waals surface area contributed by atoms with Crippen LogP contribution in [0.3, 0.4) is 0 Å². The van der Waals surface area contributed by atoms with Crippen LogP contribution in [0.4, 0.5) is 0 Å². The predicted octanol–water partition coefficient (Wildman–Crippen LogP) is 4.32. The summed E-state index contributed by atoms with van der Waals surface area (Å²) >= 11 is 0. The SMILES string of the molecule is CCCCCOCc1ccccc1CCNC(C)(C)C. The number of ether oxygens (including phenoxy) is 1. The summed E-state index contributed by atoms with van der Waals surface area (Å²) in [6, 6.07) is 8.62. The lowest BCUT2D eigenvalue weighted by Crippen LogP contribution is -2.37. The number of rotatable bonds is 9. The molecule has 0 spiro atoms. The minimum Gasteiger partial charge on any atom is -0.377 e. The van der Waals surface area contributed by atoms with E-state index >= 15 is 0 Å². The molecule has 0 fully saturated rings. The van der Waals surface area contributed by atoms with Gasteiger partial charge in [-0.2, -0.15) is 0 Å². The van der Waals surface area contributed by atoms with Gasteiger partial charge in [-0.25, -0.2) is 0 Å². The third-order valence-corrected chi connectivity index (χ3v) is 3.32. The van der Waals surface area contributed by atoms with Crippen molar-refractivity contribution in [3.05, 3.63) is 35.4 Å². The van der Waals surface area contributed by atoms with E-state index in [1.54, 1.807) is 0 Å². The maximum atomic E-state index is 5.79. The average Bonchev–Trinajstić information content (AvgIpc) is 2.39. The first-order chi connectivity index (χ1) is 9.53. The summed E-state index contributed by atoms with van der Waals surface area (Å²) in [6.07, 6.45) is 4.74. The molecule has 0 aliphatic rings. The maximum Gasteiger partial charge on any atom is 0.0719 e. The molecule has 114 valence electrons. The minimum atomic E-state index is 0.186. The molecule has 0 amide bonds. The van der Waals surface area contributed by atoms with E-state index in [9.17, 15) is 0 Å². The standard InChI is InChI=1S/C18H31NO/c1-5-6-9-14-20-15-17-11-8-7-10-16(17)12-13-19-18(2,3)4/h7-8,10-11,19H,5-6,9,12-15H2,1-4H3. The van der Waals surface area contributed by atoms with Crippen LogP contribution in [0.25, 0.3) is 0 Å². The van der Waals surface area contributed by atoms with Gasteiger partial charge in [0.15, 0.2) is 0 Å². The second-order valence-electron chi connectivity index (χ2n) is 6.46. The molecule has 0 atom stereocenters. The Morgan fingerprint density at radius 3 is 2.40 bits per heavy atom. The van der Waals surface area contributed by atoms with Crippen LogP contribution >= 0.6 is 0 Å². The highest BCUT2D eigenvalue weighted by Gasteiger charge is 2.08. The van der Waals surface area contributed by atoms with Crippen LogP contribution in [0.1, 0.15) is 58.1 Å². The first kappa shape index (κ1) is 17.2. The topological polar surface area (TPSA) is 21.3 Å². The van der Waals surface area contributed by atoms with Gasteiger partial charge in [-0.05, 0) is 51.3 Å². The largest absolute Gasteiger partial charge is 0.377 e. The molecule has 1 rings (SSSR count). The van der Waals surface area contributed by atoms with E-state index < -0.39 is 0 Å². The zero-order valence-corrected chi connectivity index (χ0v) is 13.7. The third kappa shape index (κ3) is 7.66. The fourth-order valence-corrected chi connectivity index (χ4v) is 2.15. The second-order valence-corrected chi connectivity index (χ2v) is 6.46. The van der Waals surface area contributed by atoms with Crippen molar-refractivity contribution < 1.29 is 4.74 Å². The van der Waals surface area contributed by atoms with Crippen molar-refractivity contribution in [1.82, 2.24) is 5.32 Å². The van der Waals surface area contributed by atoms with Gasteiger partial charge >= 0.3 is 0 Å². The van der Waals surface area contributed by atoms with Gasteiger partial charge in [0.1, 0.15) is 0 Å². The van der Waals surface area contributed by atoms with Crippen molar-refractivity contribution in [2.45, 2.75) is 65.5 Å². The molecule has 2 nitrogen and oxygen atoms in total. The Bertz CT molecular complexity index is 368. The molecule has 0 saturated heterocycles. The van der Waals surface area contributed by atoms with Crippen LogP contribution in [0.2, 0.25) is 0 Å². The number of benzene rings is 1. The highest BCUT2D eigenvalue weighted by atomic mass is 16.5. The van der Waals surface area contributed by atoms with Gasteiger partial charge in [-0.3, -0.25) is 0 Å². The lowest BCUT2D eigenvalue weighted by atomic mass is 10.0. The summed E-state index contributed by atoms with van der Waals surface area (Å²) in [5.41, 5.74) is 2.92. The van der Waals surface area contributed by atoms with Gasteiger partial charge in [0.2, 0.25) is 0 Å². The van der Waals surface area contributed by atoms with Gasteiger partial charge in [0.25, 0.3) is 0 Å². The zero-order valence-electron chi connectivity index (χ0n) is 13.7. The molecule has 0 aromatic heterocycles. The van der Waals surface area contributed by atoms with Crippen LogP contribution in [0, 0.1) is 0 Å². The van der Waals surface area contributed by atoms with Crippen molar-refractivity contribution in [3.63, 3.8) is 0 Å². The molecule has 1 N–H and O–H groups in total. The highest BCUT2D eigenvalue weighted by molar-refractivity contribution is 5.26. The molecule has 0 aliphatic heterocycles. The third-order valence-electron chi connectivity index (χ3n) is 3.32. The zero-order chi connectivity index (χ0) is 14.8. The Morgan fingerprint density at radius 1 is 1.05 bits per heavy atom. The van der Waals surface area contributed by atoms with E-state index in [1.165, 1.54) is 30.4 Å². The quantitative estimate of drug-likeness (QED) is 0.679. The van der Waals surface area contributed by atoms with E-state index in [1.807, 2.05) is 0 Å². The van der Waals surface area contributed by atoms with Crippen molar-refractivity contribution in [2.75, 3.05) is 13.2 Å². The Balaban J connectivity index is 2.38. The first-order valence-corrected chi connectivity index (χ1v) is 7.92. The van der Waals surface area contributed by atoms with Gasteiger partial charge in [-0.15, -0.1) is 0 Å². The number of unbranched alkanes of at least 4 members (excludes halogenated alkanes) is 2. The van der Waals surface area contributed by atoms with Gasteiger partial charge in [-0.1, -0.05) is 44.0 Å². The summed E-state index contributed by atoms with van der Waals surface area (Å²) < 4.78 is 5.79. The molecule has 1 aromatic carbocycles. The van der Waals surface area contributed by atoms with E-state index in [4.69, 9.17) is 4.74 Å². The lowest BCUT2D eigenvalue weighted by Gasteiger charge is -2.21. The van der Waals surface area contributed by atoms with E-state index in [0.717, 1.165) is 26.2 Å². The van der Waals surface area contributed by atoms with Crippen LogP contribution in [-0.2, 0) is 17.8 Å². The molecular weight excluding hydrogens is 246 g/mol. The predicted molar refractivity (Wildman–Crippen MR) is 87.1 cm³/mol. The Morgan fingerprint density at radius 2 is 1.75 bits per heavy atom. The van der Waals surface area contributed by atoms with Crippen molar-refractivity contribution >= 4 is 0 Å². The summed E-state index contributed by atoms with van der Waals surface area (Å²) in [5.74, 6) is 0. The fraction of sp³-hybridized carbons (Fsp3) is 0.667. The normalized spacial score (nSPS) is 11.8. The van der Waals surface area contributed by atoms with Gasteiger partial charge in [0.05, 0.1) is 6.61 Å². The molecule has 0 radical (unpaired) electrons. The van der Waals surface area contributed by atoms with Crippen LogP contribution in [0.5, 0.6) is 0 Å². The Labute approximate surface area is 124 Å². The molecule has 0 aliphatic carbocycles. The molecule has 0 saturated carbocycles. The summed E-state index contributed by atoms with van der Waals surface area (Å²) in [4.78, 5) is 0. The summed E-state index contributed by atoms with van der Waals surface area (Å²) in [7, 11) is 0. The second kappa shape index (κ2) is 9.15. The van der Waals surface area contributed by atoms with Crippen molar-refractivity contribution in [2.24, 2.45) is 0 Å². The van der Waals surface area contributed by atoms with Crippen LogP contribution in [0.15, 0.2) is 24.3 Å². The average molecular weight is 277 g/mol. The number of hydrogen-bond acceptors (Lipinski definition) is 2. The molecule has 20 heavy (non-hydrogen) atoms. The molecule has 2 heteroatoms. The summed E-state index contributed by atoms with van der Waals surface area (Å²) in [5, 5.41) is 3.54. The first-order valence-electron chi connectivity index (χ1n) is 7.92. The minimum absolute atomic E-state index is 0.186. The van der Waals surface area contributed by atoms with Crippen molar-refractivity contribution in [1.29, 1.82) is 0 Å². The Hall–Kier alpha value is -0.860. The van der Waals surface area contributed by atoms with Gasteiger partial charge < -0.3 is 10.1 Å². The van der Waals surface area contributed by atoms with Crippen LogP contribution in [-0.4, -0.2) is 18.7 Å². The van der Waals surface area contributed by atoms with E-state index in [2.05, 4.69) is 57.3 Å². The molecule has 0 unspecified atom stereocenters. The van der Waals surface area contributed by atoms with Crippen molar-refractivity contribution in [3.8, 4) is 0 Å². The molecule has 0 heterocycles. The number of hydrogen-bond donors (Lipinski definition) is 1. The summed E-state index contributed by atoms with van der Waals surface area (Å²) in [6.45, 7) is 11.5. The van der Waals surface area contributed by atoms with E-state index in [0.29, 0.717) is 0 Å². The monoisotopic (exact) mass is 277 g/mol. The lowest BCUT2D eigenvalue weighted by molar-refractivity contribution is 0.116.